The number of rotatable bonds is 6. The molecule has 0 saturated heterocycles. The van der Waals surface area contributed by atoms with Crippen LogP contribution in [0.1, 0.15) is 5.56 Å². The third-order valence-electron chi connectivity index (χ3n) is 2.28. The van der Waals surface area contributed by atoms with Gasteiger partial charge >= 0.3 is 0 Å². The molecule has 1 rings (SSSR count). The highest BCUT2D eigenvalue weighted by Crippen LogP contribution is 2.42. The molecule has 0 aliphatic rings. The summed E-state index contributed by atoms with van der Waals surface area (Å²) in [6.07, 6.45) is 0. The average Bonchev–Trinajstić information content (AvgIpc) is 2.36. The van der Waals surface area contributed by atoms with Crippen molar-refractivity contribution in [3.63, 3.8) is 0 Å². The predicted octanol–water partition coefficient (Wildman–Crippen LogP) is 2.13. The molecule has 0 radical (unpaired) electrons. The van der Waals surface area contributed by atoms with Crippen LogP contribution >= 0.6 is 15.9 Å². The molecule has 0 heterocycles. The first-order valence-corrected chi connectivity index (χ1v) is 5.72. The van der Waals surface area contributed by atoms with E-state index in [1.165, 1.54) is 0 Å². The molecule has 0 spiro atoms. The summed E-state index contributed by atoms with van der Waals surface area (Å²) in [5, 5.41) is 0. The summed E-state index contributed by atoms with van der Waals surface area (Å²) in [5.41, 5.74) is 3.66. The lowest BCUT2D eigenvalue weighted by atomic mass is 10.1. The van der Waals surface area contributed by atoms with Gasteiger partial charge in [0.15, 0.2) is 11.5 Å². The molecular formula is C11H16BrNO4. The number of halogens is 1. The number of ether oxygens (including phenoxy) is 3. The van der Waals surface area contributed by atoms with Crippen molar-refractivity contribution in [2.75, 3.05) is 28.4 Å². The Morgan fingerprint density at radius 3 is 2.18 bits per heavy atom. The van der Waals surface area contributed by atoms with Gasteiger partial charge in [-0.25, -0.2) is 0 Å². The molecule has 96 valence electrons. The maximum atomic E-state index is 5.30. The lowest BCUT2D eigenvalue weighted by molar-refractivity contribution is 0.0859. The normalized spacial score (nSPS) is 10.2. The van der Waals surface area contributed by atoms with Gasteiger partial charge in [-0.2, -0.15) is 5.48 Å². The van der Waals surface area contributed by atoms with Gasteiger partial charge < -0.3 is 19.0 Å². The molecule has 0 aromatic heterocycles. The lowest BCUT2D eigenvalue weighted by Gasteiger charge is -2.16. The first kappa shape index (κ1) is 14.1. The Morgan fingerprint density at radius 1 is 1.06 bits per heavy atom. The van der Waals surface area contributed by atoms with Crippen LogP contribution in [0.3, 0.4) is 0 Å². The molecule has 0 aliphatic carbocycles. The molecule has 17 heavy (non-hydrogen) atoms. The van der Waals surface area contributed by atoms with Gasteiger partial charge in [-0.1, -0.05) is 0 Å². The minimum absolute atomic E-state index is 0.487. The molecule has 6 heteroatoms. The topological polar surface area (TPSA) is 49.0 Å². The summed E-state index contributed by atoms with van der Waals surface area (Å²) < 4.78 is 16.6. The Kier molecular flexibility index (Phi) is 5.54. The smallest absolute Gasteiger partial charge is 0.175 e. The first-order valence-electron chi connectivity index (χ1n) is 4.92. The maximum absolute atomic E-state index is 5.30. The van der Waals surface area contributed by atoms with Crippen molar-refractivity contribution >= 4 is 15.9 Å². The molecule has 0 fully saturated rings. The van der Waals surface area contributed by atoms with Crippen molar-refractivity contribution in [2.24, 2.45) is 0 Å². The van der Waals surface area contributed by atoms with E-state index in [0.29, 0.717) is 23.8 Å². The van der Waals surface area contributed by atoms with E-state index in [0.717, 1.165) is 10.0 Å². The molecule has 0 amide bonds. The van der Waals surface area contributed by atoms with Crippen LogP contribution < -0.4 is 19.7 Å². The number of benzene rings is 1. The number of hydrogen-bond donors (Lipinski definition) is 1. The van der Waals surface area contributed by atoms with E-state index in [-0.39, 0.29) is 0 Å². The Hall–Kier alpha value is -0.980. The lowest BCUT2D eigenvalue weighted by Crippen LogP contribution is -2.12. The summed E-state index contributed by atoms with van der Waals surface area (Å²) >= 11 is 3.47. The Morgan fingerprint density at radius 2 is 1.71 bits per heavy atom. The molecule has 1 aromatic rings. The van der Waals surface area contributed by atoms with Crippen LogP contribution in [-0.4, -0.2) is 28.4 Å². The van der Waals surface area contributed by atoms with Crippen LogP contribution in [0.15, 0.2) is 10.5 Å². The van der Waals surface area contributed by atoms with Gasteiger partial charge in [-0.3, -0.25) is 0 Å². The number of hydrogen-bond acceptors (Lipinski definition) is 5. The second-order valence-electron chi connectivity index (χ2n) is 3.13. The highest BCUT2D eigenvalue weighted by molar-refractivity contribution is 9.10. The van der Waals surface area contributed by atoms with Crippen LogP contribution in [0, 0.1) is 0 Å². The summed E-state index contributed by atoms with van der Waals surface area (Å²) in [4.78, 5) is 4.83. The van der Waals surface area contributed by atoms with Gasteiger partial charge in [0, 0.05) is 11.6 Å². The molecule has 1 N–H and O–H groups in total. The van der Waals surface area contributed by atoms with Crippen LogP contribution in [0.4, 0.5) is 0 Å². The number of hydroxylamine groups is 1. The van der Waals surface area contributed by atoms with Gasteiger partial charge in [0.1, 0.15) is 5.75 Å². The van der Waals surface area contributed by atoms with E-state index in [2.05, 4.69) is 21.4 Å². The molecule has 1 aromatic carbocycles. The predicted molar refractivity (Wildman–Crippen MR) is 67.6 cm³/mol. The summed E-state index contributed by atoms with van der Waals surface area (Å²) in [7, 11) is 6.32. The molecule has 0 aliphatic heterocycles. The van der Waals surface area contributed by atoms with Crippen molar-refractivity contribution < 1.29 is 19.0 Å². The minimum Gasteiger partial charge on any atom is -0.496 e. The third kappa shape index (κ3) is 3.02. The van der Waals surface area contributed by atoms with Gasteiger partial charge in [-0.05, 0) is 15.9 Å². The zero-order valence-corrected chi connectivity index (χ0v) is 11.9. The molecule has 5 nitrogen and oxygen atoms in total. The SMILES string of the molecule is CONCc1c(OC)cc(OC)c(OC)c1Br. The highest BCUT2D eigenvalue weighted by Gasteiger charge is 2.18. The maximum Gasteiger partial charge on any atom is 0.175 e. The van der Waals surface area contributed by atoms with Crippen LogP contribution in [0.5, 0.6) is 17.2 Å². The first-order chi connectivity index (χ1) is 8.19. The van der Waals surface area contributed by atoms with Gasteiger partial charge in [0.25, 0.3) is 0 Å². The van der Waals surface area contributed by atoms with E-state index in [9.17, 15) is 0 Å². The van der Waals surface area contributed by atoms with E-state index in [1.54, 1.807) is 34.5 Å². The zero-order valence-electron chi connectivity index (χ0n) is 10.3. The van der Waals surface area contributed by atoms with Crippen LogP contribution in [0.25, 0.3) is 0 Å². The van der Waals surface area contributed by atoms with Crippen molar-refractivity contribution in [1.29, 1.82) is 0 Å². The molecule has 0 atom stereocenters. The molecular weight excluding hydrogens is 290 g/mol. The van der Waals surface area contributed by atoms with E-state index >= 15 is 0 Å². The number of nitrogens with one attached hydrogen (secondary N) is 1. The van der Waals surface area contributed by atoms with Crippen molar-refractivity contribution in [3.8, 4) is 17.2 Å². The second kappa shape index (κ2) is 6.68. The van der Waals surface area contributed by atoms with Crippen LogP contribution in [0.2, 0.25) is 0 Å². The Balaban J connectivity index is 3.25. The van der Waals surface area contributed by atoms with Crippen LogP contribution in [-0.2, 0) is 11.4 Å². The Labute approximate surface area is 109 Å². The van der Waals surface area contributed by atoms with Crippen molar-refractivity contribution in [2.45, 2.75) is 6.54 Å². The molecule has 0 unspecified atom stereocenters. The van der Waals surface area contributed by atoms with E-state index in [1.807, 2.05) is 0 Å². The molecule has 0 bridgehead atoms. The molecule has 0 saturated carbocycles. The minimum atomic E-state index is 0.487. The third-order valence-corrected chi connectivity index (χ3v) is 3.12. The van der Waals surface area contributed by atoms with E-state index < -0.39 is 0 Å². The quantitative estimate of drug-likeness (QED) is 0.816. The number of methoxy groups -OCH3 is 3. The van der Waals surface area contributed by atoms with Crippen molar-refractivity contribution in [1.82, 2.24) is 5.48 Å². The average molecular weight is 306 g/mol. The van der Waals surface area contributed by atoms with Crippen molar-refractivity contribution in [3.05, 3.63) is 16.1 Å². The van der Waals surface area contributed by atoms with E-state index in [4.69, 9.17) is 19.0 Å². The fourth-order valence-corrected chi connectivity index (χ4v) is 2.15. The van der Waals surface area contributed by atoms with Gasteiger partial charge in [0.2, 0.25) is 0 Å². The standard InChI is InChI=1S/C11H16BrNO4/c1-14-8-5-9(15-2)11(16-3)10(12)7(8)6-13-17-4/h5,13H,6H2,1-4H3. The zero-order chi connectivity index (χ0) is 12.8. The largest absolute Gasteiger partial charge is 0.496 e. The summed E-state index contributed by atoms with van der Waals surface area (Å²) in [6.45, 7) is 0.487. The van der Waals surface area contributed by atoms with Gasteiger partial charge in [0.05, 0.1) is 39.5 Å². The fourth-order valence-electron chi connectivity index (χ4n) is 1.46. The Bertz CT molecular complexity index is 384. The highest BCUT2D eigenvalue weighted by atomic mass is 79.9. The second-order valence-corrected chi connectivity index (χ2v) is 3.93. The summed E-state index contributed by atoms with van der Waals surface area (Å²) in [6, 6.07) is 1.77. The monoisotopic (exact) mass is 305 g/mol. The summed E-state index contributed by atoms with van der Waals surface area (Å²) in [5.74, 6) is 1.93. The fraction of sp³-hybridized carbons (Fsp3) is 0.455. The van der Waals surface area contributed by atoms with Gasteiger partial charge in [-0.15, -0.1) is 0 Å².